The molecule has 0 radical (unpaired) electrons. The minimum Gasteiger partial charge on any atom is -0.453 e. The number of amides is 6. The molecule has 7 rings (SSSR count). The van der Waals surface area contributed by atoms with E-state index in [0.717, 1.165) is 55.3 Å². The molecule has 4 aliphatic heterocycles. The van der Waals surface area contributed by atoms with Gasteiger partial charge in [-0.25, -0.2) is 9.59 Å². The molecule has 15 heteroatoms. The van der Waals surface area contributed by atoms with Crippen LogP contribution in [-0.2, 0) is 41.7 Å². The molecule has 0 unspecified atom stereocenters. The number of fused-ring (bicyclic) bond motifs is 2. The molecule has 0 spiro atoms. The maximum Gasteiger partial charge on any atom is 0.407 e. The Balaban J connectivity index is 0.968. The van der Waals surface area contributed by atoms with Crippen LogP contribution in [0.25, 0.3) is 0 Å². The van der Waals surface area contributed by atoms with Crippen LogP contribution in [0.4, 0.5) is 26.7 Å². The molecule has 0 saturated carbocycles. The second-order valence-corrected chi connectivity index (χ2v) is 15.8. The molecule has 312 valence electrons. The van der Waals surface area contributed by atoms with E-state index in [4.69, 9.17) is 9.47 Å². The minimum atomic E-state index is -0.720. The van der Waals surface area contributed by atoms with E-state index in [2.05, 4.69) is 38.3 Å². The van der Waals surface area contributed by atoms with Gasteiger partial charge < -0.3 is 45.4 Å². The Hall–Kier alpha value is -6.12. The SMILES string of the molecule is COC(=O)N[C@@H]1CCC[C@H]2CC[C@@H](C(=O)Nc3ccc(CN(Cc4ccc(NC(=O)[C@@H]5CC[C@@H]6CCC[C@@H](NC(=O)OC)C(=O)N65)cc4)c4ccccc4)cc3)N2C1=O. The third-order valence-electron chi connectivity index (χ3n) is 12.0. The molecule has 4 N–H and O–H groups in total. The van der Waals surface area contributed by atoms with Crippen molar-refractivity contribution in [2.45, 2.75) is 114 Å². The molecule has 0 bridgehead atoms. The Kier molecular flexibility index (Phi) is 13.0. The number of carbonyl (C=O) groups is 6. The molecule has 59 heavy (non-hydrogen) atoms. The first-order valence-electron chi connectivity index (χ1n) is 20.5. The molecular formula is C44H53N7O8. The zero-order valence-electron chi connectivity index (χ0n) is 33.6. The maximum absolute atomic E-state index is 13.6. The van der Waals surface area contributed by atoms with Crippen LogP contribution in [0.1, 0.15) is 75.3 Å². The zero-order valence-corrected chi connectivity index (χ0v) is 33.6. The van der Waals surface area contributed by atoms with Gasteiger partial charge >= 0.3 is 12.2 Å². The quantitative estimate of drug-likeness (QED) is 0.200. The van der Waals surface area contributed by atoms with Crippen LogP contribution in [0.2, 0.25) is 0 Å². The van der Waals surface area contributed by atoms with Crippen molar-refractivity contribution >= 4 is 52.9 Å². The first kappa shape index (κ1) is 41.1. The zero-order chi connectivity index (χ0) is 41.5. The molecule has 0 aromatic heterocycles. The van der Waals surface area contributed by atoms with E-state index in [-0.39, 0.29) is 35.7 Å². The molecule has 4 fully saturated rings. The number of rotatable bonds is 11. The van der Waals surface area contributed by atoms with Gasteiger partial charge in [-0.15, -0.1) is 0 Å². The molecule has 3 aromatic carbocycles. The average molecular weight is 808 g/mol. The summed E-state index contributed by atoms with van der Waals surface area (Å²) in [7, 11) is 2.52. The second kappa shape index (κ2) is 18.6. The lowest BCUT2D eigenvalue weighted by Crippen LogP contribution is -2.53. The number of ether oxygens (including phenoxy) is 2. The summed E-state index contributed by atoms with van der Waals surface area (Å²) in [5.41, 5.74) is 4.33. The highest BCUT2D eigenvalue weighted by atomic mass is 16.5. The monoisotopic (exact) mass is 807 g/mol. The van der Waals surface area contributed by atoms with Crippen molar-refractivity contribution < 1.29 is 38.2 Å². The molecular weight excluding hydrogens is 755 g/mol. The summed E-state index contributed by atoms with van der Waals surface area (Å²) in [5.74, 6) is -0.987. The van der Waals surface area contributed by atoms with E-state index >= 15 is 0 Å². The third-order valence-corrected chi connectivity index (χ3v) is 12.0. The van der Waals surface area contributed by atoms with Crippen LogP contribution in [0, 0.1) is 0 Å². The lowest BCUT2D eigenvalue weighted by molar-refractivity contribution is -0.139. The third kappa shape index (κ3) is 9.61. The second-order valence-electron chi connectivity index (χ2n) is 15.8. The summed E-state index contributed by atoms with van der Waals surface area (Å²) in [6, 6.07) is 22.7. The standard InChI is InChI=1S/C44H53N7O8/c1-58-43(56)47-35-12-6-10-33-22-24-37(50(33)41(35)54)39(52)45-30-18-14-28(15-19-30)26-49(32-8-4-3-5-9-32)27-29-16-20-31(21-17-29)46-40(53)38-25-23-34-11-7-13-36(42(55)51(34)38)48-44(57)59-2/h3-5,8-9,14-21,33-38H,6-7,10-13,22-27H2,1-2H3,(H,45,52)(H,46,53)(H,47,56)(H,48,57)/t33-,34-,35+,36+,37-,38-/m0/s1. The molecule has 6 amide bonds. The Morgan fingerprint density at radius 1 is 0.576 bits per heavy atom. The molecule has 6 atom stereocenters. The molecule has 4 saturated heterocycles. The number of para-hydroxylation sites is 1. The summed E-state index contributed by atoms with van der Waals surface area (Å²) in [6.45, 7) is 1.16. The van der Waals surface area contributed by atoms with E-state index < -0.39 is 36.4 Å². The largest absolute Gasteiger partial charge is 0.453 e. The molecule has 15 nitrogen and oxygen atoms in total. The molecule has 0 aliphatic carbocycles. The predicted molar refractivity (Wildman–Crippen MR) is 220 cm³/mol. The Labute approximate surface area is 344 Å². The summed E-state index contributed by atoms with van der Waals surface area (Å²) in [4.78, 5) is 83.5. The van der Waals surface area contributed by atoms with Crippen LogP contribution in [0.3, 0.4) is 0 Å². The van der Waals surface area contributed by atoms with Crippen molar-refractivity contribution in [3.63, 3.8) is 0 Å². The number of alkyl carbamates (subject to hydrolysis) is 2. The predicted octanol–water partition coefficient (Wildman–Crippen LogP) is 5.31. The van der Waals surface area contributed by atoms with Crippen molar-refractivity contribution in [1.29, 1.82) is 0 Å². The number of carbonyl (C=O) groups excluding carboxylic acids is 6. The highest BCUT2D eigenvalue weighted by molar-refractivity contribution is 6.00. The van der Waals surface area contributed by atoms with E-state index in [1.165, 1.54) is 14.2 Å². The van der Waals surface area contributed by atoms with E-state index in [9.17, 15) is 28.8 Å². The van der Waals surface area contributed by atoms with Gasteiger partial charge in [-0.05, 0) is 112 Å². The Bertz CT molecular complexity index is 1870. The van der Waals surface area contributed by atoms with Gasteiger partial charge in [0.25, 0.3) is 0 Å². The van der Waals surface area contributed by atoms with Crippen LogP contribution in [0.15, 0.2) is 78.9 Å². The number of nitrogens with one attached hydrogen (secondary N) is 4. The van der Waals surface area contributed by atoms with Gasteiger partial charge in [0.15, 0.2) is 0 Å². The number of nitrogens with zero attached hydrogens (tertiary/aromatic N) is 3. The van der Waals surface area contributed by atoms with Gasteiger partial charge in [0.2, 0.25) is 23.6 Å². The fourth-order valence-corrected chi connectivity index (χ4v) is 9.06. The van der Waals surface area contributed by atoms with Gasteiger partial charge in [0.05, 0.1) is 14.2 Å². The van der Waals surface area contributed by atoms with Crippen molar-refractivity contribution in [3.05, 3.63) is 90.0 Å². The van der Waals surface area contributed by atoms with Crippen molar-refractivity contribution in [2.24, 2.45) is 0 Å². The highest BCUT2D eigenvalue weighted by Crippen LogP contribution is 2.34. The summed E-state index contributed by atoms with van der Waals surface area (Å²) in [6.07, 6.45) is 5.39. The lowest BCUT2D eigenvalue weighted by Gasteiger charge is -2.30. The van der Waals surface area contributed by atoms with Gasteiger partial charge in [-0.1, -0.05) is 42.5 Å². The first-order chi connectivity index (χ1) is 28.6. The lowest BCUT2D eigenvalue weighted by atomic mass is 10.1. The van der Waals surface area contributed by atoms with E-state index in [1.54, 1.807) is 9.80 Å². The smallest absolute Gasteiger partial charge is 0.407 e. The molecule has 4 aliphatic rings. The molecule has 3 aromatic rings. The van der Waals surface area contributed by atoms with Gasteiger partial charge in [0.1, 0.15) is 24.2 Å². The van der Waals surface area contributed by atoms with Crippen molar-refractivity contribution in [1.82, 2.24) is 20.4 Å². The van der Waals surface area contributed by atoms with Gasteiger partial charge in [-0.3, -0.25) is 19.2 Å². The topological polar surface area (TPSA) is 179 Å². The van der Waals surface area contributed by atoms with Crippen LogP contribution >= 0.6 is 0 Å². The fraction of sp³-hybridized carbons (Fsp3) is 0.455. The maximum atomic E-state index is 13.6. The Morgan fingerprint density at radius 3 is 1.41 bits per heavy atom. The summed E-state index contributed by atoms with van der Waals surface area (Å²) >= 11 is 0. The normalized spacial score (nSPS) is 23.8. The number of methoxy groups -OCH3 is 2. The van der Waals surface area contributed by atoms with Crippen molar-refractivity contribution in [3.8, 4) is 0 Å². The molecule has 4 heterocycles. The number of hydrogen-bond acceptors (Lipinski definition) is 9. The average Bonchev–Trinajstić information content (AvgIpc) is 3.80. The van der Waals surface area contributed by atoms with Gasteiger partial charge in [0, 0.05) is 42.2 Å². The fourth-order valence-electron chi connectivity index (χ4n) is 9.06. The number of anilines is 3. The van der Waals surface area contributed by atoms with Crippen molar-refractivity contribution in [2.75, 3.05) is 29.8 Å². The van der Waals surface area contributed by atoms with Crippen LogP contribution in [0.5, 0.6) is 0 Å². The minimum absolute atomic E-state index is 0.0344. The van der Waals surface area contributed by atoms with Gasteiger partial charge in [-0.2, -0.15) is 0 Å². The Morgan fingerprint density at radius 2 is 1.00 bits per heavy atom. The van der Waals surface area contributed by atoms with Crippen LogP contribution < -0.4 is 26.2 Å². The summed E-state index contributed by atoms with van der Waals surface area (Å²) < 4.78 is 9.44. The number of hydrogen-bond donors (Lipinski definition) is 4. The van der Waals surface area contributed by atoms with E-state index in [0.29, 0.717) is 50.1 Å². The number of benzene rings is 3. The van der Waals surface area contributed by atoms with E-state index in [1.807, 2.05) is 66.7 Å². The summed E-state index contributed by atoms with van der Waals surface area (Å²) in [5, 5.41) is 11.3. The highest BCUT2D eigenvalue weighted by Gasteiger charge is 2.46. The van der Waals surface area contributed by atoms with Crippen LogP contribution in [-0.4, -0.2) is 96.1 Å². The first-order valence-corrected chi connectivity index (χ1v) is 20.5.